The highest BCUT2D eigenvalue weighted by Crippen LogP contribution is 2.21. The summed E-state index contributed by atoms with van der Waals surface area (Å²) < 4.78 is 1.89. The van der Waals surface area contributed by atoms with Gasteiger partial charge in [0.1, 0.15) is 12.4 Å². The van der Waals surface area contributed by atoms with Gasteiger partial charge in [0.2, 0.25) is 11.8 Å². The molecule has 0 fully saturated rings. The molecule has 3 aromatic rings. The van der Waals surface area contributed by atoms with Gasteiger partial charge in [-0.05, 0) is 31.0 Å². The quantitative estimate of drug-likeness (QED) is 0.467. The number of aromatic nitrogens is 2. The summed E-state index contributed by atoms with van der Waals surface area (Å²) in [5.41, 5.74) is 2.77. The minimum Gasteiger partial charge on any atom is -0.346 e. The number of nitrogens with one attached hydrogen (secondary N) is 1. The van der Waals surface area contributed by atoms with E-state index in [1.54, 1.807) is 17.1 Å². The molecule has 1 heterocycles. The fourth-order valence-corrected chi connectivity index (χ4v) is 3.70. The maximum absolute atomic E-state index is 13.0. The van der Waals surface area contributed by atoms with Gasteiger partial charge in [-0.3, -0.25) is 9.59 Å². The molecule has 1 atom stereocenters. The van der Waals surface area contributed by atoms with Gasteiger partial charge in [0, 0.05) is 19.5 Å². The molecule has 0 saturated carbocycles. The number of fused-ring (bicyclic) bond motifs is 1. The fourth-order valence-electron chi connectivity index (χ4n) is 3.70. The third-order valence-corrected chi connectivity index (χ3v) is 5.28. The van der Waals surface area contributed by atoms with Crippen molar-refractivity contribution >= 4 is 22.8 Å². The van der Waals surface area contributed by atoms with E-state index >= 15 is 0 Å². The molecule has 2 amide bonds. The summed E-state index contributed by atoms with van der Waals surface area (Å²) in [6.45, 7) is 10.4. The van der Waals surface area contributed by atoms with Crippen LogP contribution < -0.4 is 5.32 Å². The average molecular weight is 431 g/mol. The molecular weight excluding hydrogens is 400 g/mol. The lowest BCUT2D eigenvalue weighted by Gasteiger charge is -2.22. The number of hydrogen-bond donors (Lipinski definition) is 1. The van der Waals surface area contributed by atoms with Crippen molar-refractivity contribution in [2.24, 2.45) is 0 Å². The molecule has 0 radical (unpaired) electrons. The van der Waals surface area contributed by atoms with Gasteiger partial charge >= 0.3 is 0 Å². The lowest BCUT2D eigenvalue weighted by atomic mass is 10.1. The van der Waals surface area contributed by atoms with Crippen LogP contribution in [0, 0.1) is 0 Å². The second-order valence-electron chi connectivity index (χ2n) is 7.70. The van der Waals surface area contributed by atoms with Crippen LogP contribution in [0.4, 0.5) is 0 Å². The van der Waals surface area contributed by atoms with E-state index < -0.39 is 0 Å². The van der Waals surface area contributed by atoms with E-state index in [2.05, 4.69) is 18.5 Å². The Balaban J connectivity index is 1.78. The Morgan fingerprint density at radius 1 is 1.06 bits per heavy atom. The van der Waals surface area contributed by atoms with Gasteiger partial charge < -0.3 is 14.8 Å². The summed E-state index contributed by atoms with van der Waals surface area (Å²) in [5.74, 6) is 0.549. The smallest absolute Gasteiger partial charge is 0.243 e. The summed E-state index contributed by atoms with van der Waals surface area (Å²) in [6, 6.07) is 17.3. The first kappa shape index (κ1) is 23.0. The number of benzene rings is 2. The van der Waals surface area contributed by atoms with Crippen LogP contribution in [0.2, 0.25) is 0 Å². The molecule has 1 N–H and O–H groups in total. The van der Waals surface area contributed by atoms with E-state index in [0.717, 1.165) is 16.6 Å². The summed E-state index contributed by atoms with van der Waals surface area (Å²) >= 11 is 0. The lowest BCUT2D eigenvalue weighted by molar-refractivity contribution is -0.130. The molecule has 0 aliphatic rings. The number of nitrogens with zero attached hydrogens (tertiary/aromatic N) is 3. The van der Waals surface area contributed by atoms with E-state index in [1.807, 2.05) is 66.1 Å². The van der Waals surface area contributed by atoms with Crippen LogP contribution in [0.1, 0.15) is 30.8 Å². The van der Waals surface area contributed by atoms with Crippen LogP contribution >= 0.6 is 0 Å². The normalized spacial score (nSPS) is 11.7. The maximum atomic E-state index is 13.0. The summed E-state index contributed by atoms with van der Waals surface area (Å²) in [7, 11) is 0. The molecule has 1 aromatic heterocycles. The molecule has 0 bridgehead atoms. The van der Waals surface area contributed by atoms with Crippen LogP contribution in [0.15, 0.2) is 79.9 Å². The monoisotopic (exact) mass is 430 g/mol. The van der Waals surface area contributed by atoms with Gasteiger partial charge in [0.05, 0.1) is 17.1 Å². The summed E-state index contributed by atoms with van der Waals surface area (Å²) in [5, 5.41) is 3.04. The molecule has 2 aromatic carbocycles. The topological polar surface area (TPSA) is 67.2 Å². The molecular formula is C26H30N4O2. The fraction of sp³-hybridized carbons (Fsp3) is 0.269. The van der Waals surface area contributed by atoms with E-state index in [-0.39, 0.29) is 24.4 Å². The number of rotatable bonds is 11. The first-order chi connectivity index (χ1) is 15.5. The van der Waals surface area contributed by atoms with Crippen LogP contribution in [0.3, 0.4) is 0 Å². The predicted molar refractivity (Wildman–Crippen MR) is 128 cm³/mol. The highest BCUT2D eigenvalue weighted by molar-refractivity contribution is 5.82. The van der Waals surface area contributed by atoms with Crippen molar-refractivity contribution in [2.75, 3.05) is 13.1 Å². The predicted octanol–water partition coefficient (Wildman–Crippen LogP) is 4.05. The van der Waals surface area contributed by atoms with E-state index in [9.17, 15) is 9.59 Å². The van der Waals surface area contributed by atoms with E-state index in [1.165, 1.54) is 0 Å². The highest BCUT2D eigenvalue weighted by atomic mass is 16.2. The van der Waals surface area contributed by atoms with Gasteiger partial charge in [0.15, 0.2) is 0 Å². The van der Waals surface area contributed by atoms with Gasteiger partial charge in [-0.25, -0.2) is 4.98 Å². The SMILES string of the molecule is C=CCN(CC=C)C(=O)Cn1c(C(C)NC(=O)CCc2ccccc2)nc2ccccc21. The van der Waals surface area contributed by atoms with Crippen LogP contribution in [0.5, 0.6) is 0 Å². The number of aryl methyl sites for hydroxylation is 1. The second kappa shape index (κ2) is 11.1. The van der Waals surface area contributed by atoms with Crippen molar-refractivity contribution in [2.45, 2.75) is 32.4 Å². The Hall–Kier alpha value is -3.67. The third-order valence-electron chi connectivity index (χ3n) is 5.28. The largest absolute Gasteiger partial charge is 0.346 e. The number of amides is 2. The second-order valence-corrected chi connectivity index (χ2v) is 7.70. The van der Waals surface area contributed by atoms with Crippen molar-refractivity contribution in [3.05, 3.63) is 91.3 Å². The zero-order valence-electron chi connectivity index (χ0n) is 18.5. The Labute approximate surface area is 189 Å². The molecule has 6 heteroatoms. The van der Waals surface area contributed by atoms with Crippen molar-refractivity contribution in [1.82, 2.24) is 19.8 Å². The number of imidazole rings is 1. The molecule has 0 saturated heterocycles. The zero-order chi connectivity index (χ0) is 22.9. The Morgan fingerprint density at radius 3 is 2.41 bits per heavy atom. The van der Waals surface area contributed by atoms with Crippen LogP contribution in [0.25, 0.3) is 11.0 Å². The molecule has 32 heavy (non-hydrogen) atoms. The lowest BCUT2D eigenvalue weighted by Crippen LogP contribution is -2.35. The average Bonchev–Trinajstić information content (AvgIpc) is 3.17. The number of carbonyl (C=O) groups is 2. The van der Waals surface area contributed by atoms with Crippen molar-refractivity contribution in [3.8, 4) is 0 Å². The van der Waals surface area contributed by atoms with Gasteiger partial charge in [0.25, 0.3) is 0 Å². The maximum Gasteiger partial charge on any atom is 0.243 e. The van der Waals surface area contributed by atoms with E-state index in [0.29, 0.717) is 31.8 Å². The van der Waals surface area contributed by atoms with Crippen molar-refractivity contribution in [1.29, 1.82) is 0 Å². The first-order valence-electron chi connectivity index (χ1n) is 10.8. The number of para-hydroxylation sites is 2. The minimum absolute atomic E-state index is 0.0498. The Bertz CT molecular complexity index is 1080. The Kier molecular flexibility index (Phi) is 7.97. The van der Waals surface area contributed by atoms with Gasteiger partial charge in [-0.15, -0.1) is 13.2 Å². The van der Waals surface area contributed by atoms with E-state index in [4.69, 9.17) is 4.98 Å². The third kappa shape index (κ3) is 5.72. The molecule has 0 aliphatic heterocycles. The summed E-state index contributed by atoms with van der Waals surface area (Å²) in [4.78, 5) is 32.0. The highest BCUT2D eigenvalue weighted by Gasteiger charge is 2.21. The Morgan fingerprint density at radius 2 is 1.72 bits per heavy atom. The van der Waals surface area contributed by atoms with Crippen molar-refractivity contribution < 1.29 is 9.59 Å². The van der Waals surface area contributed by atoms with Crippen LogP contribution in [-0.4, -0.2) is 39.4 Å². The minimum atomic E-state index is -0.342. The molecule has 166 valence electrons. The molecule has 0 spiro atoms. The van der Waals surface area contributed by atoms with Gasteiger partial charge in [-0.2, -0.15) is 0 Å². The van der Waals surface area contributed by atoms with Crippen LogP contribution in [-0.2, 0) is 22.6 Å². The molecule has 0 aliphatic carbocycles. The first-order valence-corrected chi connectivity index (χ1v) is 10.8. The van der Waals surface area contributed by atoms with Gasteiger partial charge in [-0.1, -0.05) is 54.6 Å². The molecule has 3 rings (SSSR count). The number of hydrogen-bond acceptors (Lipinski definition) is 3. The number of carbonyl (C=O) groups excluding carboxylic acids is 2. The zero-order valence-corrected chi connectivity index (χ0v) is 18.5. The van der Waals surface area contributed by atoms with Crippen molar-refractivity contribution in [3.63, 3.8) is 0 Å². The summed E-state index contributed by atoms with van der Waals surface area (Å²) in [6.07, 6.45) is 4.46. The molecule has 1 unspecified atom stereocenters. The molecule has 6 nitrogen and oxygen atoms in total. The standard InChI is InChI=1S/C26H30N4O2/c1-4-17-29(18-5-2)25(32)19-30-23-14-10-9-13-22(23)28-26(30)20(3)27-24(31)16-15-21-11-7-6-8-12-21/h4-14,20H,1-2,15-19H2,3H3,(H,27,31).